The molecule has 0 atom stereocenters. The molecule has 3 aromatic rings. The van der Waals surface area contributed by atoms with Gasteiger partial charge in [0, 0.05) is 36.8 Å². The van der Waals surface area contributed by atoms with Crippen LogP contribution in [0.25, 0.3) is 0 Å². The van der Waals surface area contributed by atoms with Crippen LogP contribution >= 0.6 is 11.6 Å². The topological polar surface area (TPSA) is 88.0 Å². The zero-order valence-corrected chi connectivity index (χ0v) is 24.3. The average Bonchev–Trinajstić information content (AvgIpc) is 3.67. The van der Waals surface area contributed by atoms with Crippen LogP contribution in [-0.4, -0.2) is 60.6 Å². The molecule has 40 heavy (non-hydrogen) atoms. The Labute approximate surface area is 241 Å². The van der Waals surface area contributed by atoms with Crippen molar-refractivity contribution < 1.29 is 9.47 Å². The lowest BCUT2D eigenvalue weighted by atomic mass is 9.87. The molecule has 0 unspecified atom stereocenters. The summed E-state index contributed by atoms with van der Waals surface area (Å²) in [5, 5.41) is 5.01. The van der Waals surface area contributed by atoms with Crippen LogP contribution in [0.3, 0.4) is 0 Å². The molecule has 0 saturated carbocycles. The van der Waals surface area contributed by atoms with Gasteiger partial charge in [0.05, 0.1) is 6.21 Å². The van der Waals surface area contributed by atoms with Gasteiger partial charge in [-0.15, -0.1) is 0 Å². The Kier molecular flexibility index (Phi) is 8.89. The number of hydrogen-bond acceptors (Lipinski definition) is 9. The molecule has 212 valence electrons. The number of nitrogens with zero attached hydrogens (tertiary/aromatic N) is 6. The summed E-state index contributed by atoms with van der Waals surface area (Å²) in [5.41, 5.74) is 5.12. The summed E-state index contributed by atoms with van der Waals surface area (Å²) in [5.74, 6) is 3.30. The molecule has 0 bridgehead atoms. The first kappa shape index (κ1) is 28.0. The van der Waals surface area contributed by atoms with Crippen LogP contribution in [0.1, 0.15) is 57.6 Å². The van der Waals surface area contributed by atoms with Crippen molar-refractivity contribution in [2.75, 3.05) is 54.6 Å². The molecule has 2 aliphatic heterocycles. The number of anilines is 3. The Morgan fingerprint density at radius 3 is 2.05 bits per heavy atom. The fraction of sp³-hybridized carbons (Fsp3) is 0.467. The van der Waals surface area contributed by atoms with Crippen LogP contribution in [0.5, 0.6) is 11.5 Å². The Bertz CT molecular complexity index is 1260. The fourth-order valence-electron chi connectivity index (χ4n) is 4.79. The van der Waals surface area contributed by atoms with Crippen LogP contribution in [0.2, 0.25) is 5.02 Å². The molecule has 9 nitrogen and oxygen atoms in total. The third kappa shape index (κ3) is 7.33. The van der Waals surface area contributed by atoms with Crippen molar-refractivity contribution in [2.24, 2.45) is 5.10 Å². The lowest BCUT2D eigenvalue weighted by Crippen LogP contribution is -2.25. The van der Waals surface area contributed by atoms with Crippen LogP contribution in [0.4, 0.5) is 17.8 Å². The molecule has 0 spiro atoms. The summed E-state index contributed by atoms with van der Waals surface area (Å²) >= 11 is 6.28. The highest BCUT2D eigenvalue weighted by atomic mass is 35.5. The summed E-state index contributed by atoms with van der Waals surface area (Å²) < 4.78 is 11.9. The number of benzene rings is 2. The highest BCUT2D eigenvalue weighted by Crippen LogP contribution is 2.26. The Balaban J connectivity index is 1.21. The third-order valence-corrected chi connectivity index (χ3v) is 7.29. The second-order valence-electron chi connectivity index (χ2n) is 11.2. The van der Waals surface area contributed by atoms with E-state index < -0.39 is 0 Å². The molecular weight excluding hydrogens is 526 g/mol. The van der Waals surface area contributed by atoms with Gasteiger partial charge in [0.25, 0.3) is 0 Å². The summed E-state index contributed by atoms with van der Waals surface area (Å²) in [6.45, 7) is 11.2. The standard InChI is InChI=1S/C30H38ClN7O2/c1-30(2,3)23-8-11-25(12-9-23)39-18-19-40-26-13-10-24(31)20-22(26)21-32-36-27-33-28(37-14-4-5-15-37)35-29(34-27)38-16-6-7-17-38/h8-13,20-21H,4-7,14-19H2,1-3H3,(H,33,34,35,36)/b32-21-. The minimum absolute atomic E-state index is 0.110. The predicted octanol–water partition coefficient (Wildman–Crippen LogP) is 5.93. The number of halogens is 1. The van der Waals surface area contributed by atoms with Crippen molar-refractivity contribution in [2.45, 2.75) is 51.9 Å². The summed E-state index contributed by atoms with van der Waals surface area (Å²) in [4.78, 5) is 18.5. The van der Waals surface area contributed by atoms with E-state index in [1.54, 1.807) is 12.3 Å². The zero-order valence-electron chi connectivity index (χ0n) is 23.6. The van der Waals surface area contributed by atoms with Gasteiger partial charge in [-0.05, 0) is 67.0 Å². The second kappa shape index (κ2) is 12.7. The maximum absolute atomic E-state index is 6.28. The van der Waals surface area contributed by atoms with Crippen molar-refractivity contribution in [3.05, 3.63) is 58.6 Å². The second-order valence-corrected chi connectivity index (χ2v) is 11.6. The number of hydrogen-bond donors (Lipinski definition) is 1. The van der Waals surface area contributed by atoms with Crippen LogP contribution < -0.4 is 24.7 Å². The third-order valence-electron chi connectivity index (χ3n) is 7.06. The van der Waals surface area contributed by atoms with Crippen LogP contribution in [-0.2, 0) is 5.41 Å². The monoisotopic (exact) mass is 563 g/mol. The molecule has 2 aliphatic rings. The zero-order chi connectivity index (χ0) is 28.0. The van der Waals surface area contributed by atoms with Gasteiger partial charge in [0.1, 0.15) is 24.7 Å². The summed E-state index contributed by atoms with van der Waals surface area (Å²) in [6, 6.07) is 13.6. The Morgan fingerprint density at radius 1 is 0.850 bits per heavy atom. The first-order valence-corrected chi connectivity index (χ1v) is 14.4. The highest BCUT2D eigenvalue weighted by molar-refractivity contribution is 6.30. The minimum Gasteiger partial charge on any atom is -0.490 e. The molecule has 10 heteroatoms. The van der Waals surface area contributed by atoms with Gasteiger partial charge in [-0.2, -0.15) is 20.1 Å². The molecule has 2 aromatic carbocycles. The highest BCUT2D eigenvalue weighted by Gasteiger charge is 2.21. The molecule has 1 aromatic heterocycles. The largest absolute Gasteiger partial charge is 0.490 e. The van der Waals surface area contributed by atoms with E-state index in [9.17, 15) is 0 Å². The lowest BCUT2D eigenvalue weighted by Gasteiger charge is -2.20. The molecule has 0 aliphatic carbocycles. The van der Waals surface area contributed by atoms with Gasteiger partial charge in [0.2, 0.25) is 17.8 Å². The Morgan fingerprint density at radius 2 is 1.45 bits per heavy atom. The summed E-state index contributed by atoms with van der Waals surface area (Å²) in [6.07, 6.45) is 6.27. The molecule has 0 radical (unpaired) electrons. The van der Waals surface area contributed by atoms with E-state index in [1.165, 1.54) is 5.56 Å². The van der Waals surface area contributed by atoms with Gasteiger partial charge >= 0.3 is 0 Å². The van der Waals surface area contributed by atoms with Crippen molar-refractivity contribution in [3.63, 3.8) is 0 Å². The normalized spacial score (nSPS) is 15.7. The molecule has 1 N–H and O–H groups in total. The molecule has 2 fully saturated rings. The first-order chi connectivity index (χ1) is 19.3. The van der Waals surface area contributed by atoms with Gasteiger partial charge in [-0.3, -0.25) is 0 Å². The van der Waals surface area contributed by atoms with Gasteiger partial charge < -0.3 is 19.3 Å². The number of rotatable bonds is 10. The summed E-state index contributed by atoms with van der Waals surface area (Å²) in [7, 11) is 0. The van der Waals surface area contributed by atoms with Crippen molar-refractivity contribution >= 4 is 35.7 Å². The maximum Gasteiger partial charge on any atom is 0.250 e. The Hall–Kier alpha value is -3.59. The maximum atomic E-state index is 6.28. The van der Waals surface area contributed by atoms with Gasteiger partial charge in [0.15, 0.2) is 0 Å². The minimum atomic E-state index is 0.110. The van der Waals surface area contributed by atoms with E-state index in [1.807, 2.05) is 24.3 Å². The van der Waals surface area contributed by atoms with Crippen molar-refractivity contribution in [3.8, 4) is 11.5 Å². The molecule has 5 rings (SSSR count). The number of aromatic nitrogens is 3. The molecular formula is C30H38ClN7O2. The van der Waals surface area contributed by atoms with E-state index in [0.29, 0.717) is 41.8 Å². The smallest absolute Gasteiger partial charge is 0.250 e. The number of nitrogens with one attached hydrogen (secondary N) is 1. The van der Waals surface area contributed by atoms with Crippen LogP contribution in [0, 0.1) is 0 Å². The average molecular weight is 564 g/mol. The lowest BCUT2D eigenvalue weighted by molar-refractivity contribution is 0.217. The SMILES string of the molecule is CC(C)(C)c1ccc(OCCOc2ccc(Cl)cc2/C=N\Nc2nc(N3CCCC3)nc(N3CCCC3)n2)cc1. The van der Waals surface area contributed by atoms with E-state index in [2.05, 4.69) is 63.2 Å². The molecule has 2 saturated heterocycles. The van der Waals surface area contributed by atoms with Crippen molar-refractivity contribution in [1.29, 1.82) is 0 Å². The predicted molar refractivity (Wildman–Crippen MR) is 162 cm³/mol. The van der Waals surface area contributed by atoms with Gasteiger partial charge in [-0.25, -0.2) is 5.43 Å². The molecule has 3 heterocycles. The van der Waals surface area contributed by atoms with E-state index in [0.717, 1.165) is 63.2 Å². The first-order valence-electron chi connectivity index (χ1n) is 14.1. The number of ether oxygens (including phenoxy) is 2. The molecule has 0 amide bonds. The number of hydrazone groups is 1. The quantitative estimate of drug-likeness (QED) is 0.184. The van der Waals surface area contributed by atoms with E-state index in [-0.39, 0.29) is 5.41 Å². The van der Waals surface area contributed by atoms with E-state index in [4.69, 9.17) is 26.1 Å². The van der Waals surface area contributed by atoms with Crippen molar-refractivity contribution in [1.82, 2.24) is 15.0 Å². The fourth-order valence-corrected chi connectivity index (χ4v) is 4.98. The van der Waals surface area contributed by atoms with Crippen LogP contribution in [0.15, 0.2) is 47.6 Å². The van der Waals surface area contributed by atoms with E-state index >= 15 is 0 Å². The van der Waals surface area contributed by atoms with Gasteiger partial charge in [-0.1, -0.05) is 44.5 Å².